The Bertz CT molecular complexity index is 1040. The Morgan fingerprint density at radius 2 is 1.47 bits per heavy atom. The first-order valence-electron chi connectivity index (χ1n) is 8.81. The van der Waals surface area contributed by atoms with Gasteiger partial charge in [-0.05, 0) is 35.5 Å². The molecule has 1 N–H and O–H groups in total. The van der Waals surface area contributed by atoms with Crippen molar-refractivity contribution in [3.63, 3.8) is 0 Å². The summed E-state index contributed by atoms with van der Waals surface area (Å²) in [6, 6.07) is 7.11. The highest BCUT2D eigenvalue weighted by Gasteiger charge is 2.33. The van der Waals surface area contributed by atoms with Crippen molar-refractivity contribution in [2.45, 2.75) is 0 Å². The van der Waals surface area contributed by atoms with Crippen LogP contribution in [0.1, 0.15) is 11.1 Å². The molecule has 0 spiro atoms. The fraction of sp³-hybridized carbons (Fsp3) is 0.0952. The summed E-state index contributed by atoms with van der Waals surface area (Å²) in [4.78, 5) is 40.5. The Balaban J connectivity index is 1.81. The number of nitrogens with one attached hydrogen (secondary N) is 1. The predicted molar refractivity (Wildman–Crippen MR) is 127 cm³/mol. The molecule has 0 unspecified atom stereocenters. The summed E-state index contributed by atoms with van der Waals surface area (Å²) in [5.74, 6) is -1.17. The van der Waals surface area contributed by atoms with Crippen molar-refractivity contribution >= 4 is 75.5 Å². The van der Waals surface area contributed by atoms with Gasteiger partial charge in [0.05, 0.1) is 4.91 Å². The maximum atomic E-state index is 12.6. The largest absolute Gasteiger partial charge is 0.298 e. The Morgan fingerprint density at radius 1 is 0.900 bits per heavy atom. The number of thioether (sulfide) groups is 1. The van der Waals surface area contributed by atoms with E-state index in [1.54, 1.807) is 36.4 Å². The van der Waals surface area contributed by atoms with E-state index in [0.29, 0.717) is 21.3 Å². The molecule has 2 aliphatic rings. The van der Waals surface area contributed by atoms with E-state index in [2.05, 4.69) is 18.5 Å². The minimum absolute atomic E-state index is 0.0107. The normalized spacial score (nSPS) is 19.7. The minimum Gasteiger partial charge on any atom is -0.298 e. The van der Waals surface area contributed by atoms with Crippen LogP contribution in [0.15, 0.2) is 60.1 Å². The van der Waals surface area contributed by atoms with Crippen LogP contribution < -0.4 is 5.32 Å². The first-order chi connectivity index (χ1) is 14.3. The molecule has 0 saturated carbocycles. The summed E-state index contributed by atoms with van der Waals surface area (Å²) in [5.41, 5.74) is 1.45. The molecule has 2 fully saturated rings. The number of nitrogens with zero attached hydrogens (tertiary/aromatic N) is 2. The molecule has 2 saturated heterocycles. The molecule has 9 heteroatoms. The number of benzene rings is 1. The number of carbonyl (C=O) groups is 3. The number of amides is 3. The van der Waals surface area contributed by atoms with E-state index < -0.39 is 11.8 Å². The molecule has 2 heterocycles. The molecule has 0 aliphatic carbocycles. The summed E-state index contributed by atoms with van der Waals surface area (Å²) in [5, 5.41) is 2.57. The van der Waals surface area contributed by atoms with Gasteiger partial charge in [0, 0.05) is 13.1 Å². The zero-order valence-corrected chi connectivity index (χ0v) is 18.2. The van der Waals surface area contributed by atoms with Gasteiger partial charge in [-0.25, -0.2) is 0 Å². The van der Waals surface area contributed by atoms with E-state index in [4.69, 9.17) is 24.4 Å². The van der Waals surface area contributed by atoms with Crippen LogP contribution in [0.5, 0.6) is 0 Å². The third-order valence-electron chi connectivity index (χ3n) is 4.23. The van der Waals surface area contributed by atoms with Crippen molar-refractivity contribution in [1.82, 2.24) is 15.1 Å². The topological polar surface area (TPSA) is 69.7 Å². The fourth-order valence-corrected chi connectivity index (χ4v) is 4.31. The van der Waals surface area contributed by atoms with Gasteiger partial charge in [-0.1, -0.05) is 60.4 Å². The zero-order valence-electron chi connectivity index (χ0n) is 15.8. The molecule has 2 aliphatic heterocycles. The molecule has 152 valence electrons. The molecule has 0 atom stereocenters. The van der Waals surface area contributed by atoms with Crippen LogP contribution in [-0.4, -0.2) is 50.0 Å². The van der Waals surface area contributed by atoms with Crippen molar-refractivity contribution in [2.75, 3.05) is 13.1 Å². The number of thiocarbonyl (C=S) groups is 2. The van der Waals surface area contributed by atoms with Gasteiger partial charge in [0.1, 0.15) is 9.89 Å². The molecular weight excluding hydrogens is 438 g/mol. The molecular formula is C21H17N3O3S3. The van der Waals surface area contributed by atoms with Gasteiger partial charge >= 0.3 is 0 Å². The highest BCUT2D eigenvalue weighted by Crippen LogP contribution is 2.32. The quantitative estimate of drug-likeness (QED) is 0.308. The fourth-order valence-electron chi connectivity index (χ4n) is 2.78. The monoisotopic (exact) mass is 455 g/mol. The van der Waals surface area contributed by atoms with Gasteiger partial charge in [0.2, 0.25) is 0 Å². The lowest BCUT2D eigenvalue weighted by molar-refractivity contribution is -0.128. The predicted octanol–water partition coefficient (Wildman–Crippen LogP) is 2.89. The summed E-state index contributed by atoms with van der Waals surface area (Å²) in [6.07, 6.45) is 6.41. The first-order valence-corrected chi connectivity index (χ1v) is 10.4. The zero-order chi connectivity index (χ0) is 21.8. The van der Waals surface area contributed by atoms with Crippen molar-refractivity contribution < 1.29 is 14.4 Å². The smallest absolute Gasteiger partial charge is 0.266 e. The number of hydrogen-bond acceptors (Lipinski definition) is 6. The SMILES string of the molecule is C=CCN1C(=O)/C(=C/c2ccc(/C=C3\SC(=S)N(CC=C)C3=O)cc2)C(=O)NC1=S. The molecule has 3 amide bonds. The van der Waals surface area contributed by atoms with Gasteiger partial charge < -0.3 is 0 Å². The second-order valence-electron chi connectivity index (χ2n) is 6.27. The highest BCUT2D eigenvalue weighted by atomic mass is 32.2. The summed E-state index contributed by atoms with van der Waals surface area (Å²) in [7, 11) is 0. The van der Waals surface area contributed by atoms with Crippen molar-refractivity contribution in [1.29, 1.82) is 0 Å². The van der Waals surface area contributed by atoms with Gasteiger partial charge in [0.15, 0.2) is 5.11 Å². The molecule has 0 aromatic heterocycles. The van der Waals surface area contributed by atoms with Crippen LogP contribution in [0, 0.1) is 0 Å². The Kier molecular flexibility index (Phi) is 6.76. The van der Waals surface area contributed by atoms with E-state index >= 15 is 0 Å². The van der Waals surface area contributed by atoms with Crippen LogP contribution >= 0.6 is 36.2 Å². The molecule has 3 rings (SSSR count). The van der Waals surface area contributed by atoms with Crippen LogP contribution in [0.4, 0.5) is 0 Å². The van der Waals surface area contributed by atoms with E-state index in [1.165, 1.54) is 33.7 Å². The van der Waals surface area contributed by atoms with Crippen LogP contribution in [-0.2, 0) is 14.4 Å². The van der Waals surface area contributed by atoms with Crippen molar-refractivity contribution in [2.24, 2.45) is 0 Å². The van der Waals surface area contributed by atoms with Gasteiger partial charge in [-0.3, -0.25) is 29.5 Å². The Morgan fingerprint density at radius 3 is 2.07 bits per heavy atom. The maximum Gasteiger partial charge on any atom is 0.266 e. The molecule has 30 heavy (non-hydrogen) atoms. The van der Waals surface area contributed by atoms with E-state index in [0.717, 1.165) is 5.56 Å². The second-order valence-corrected chi connectivity index (χ2v) is 8.33. The lowest BCUT2D eigenvalue weighted by atomic mass is 10.1. The Labute approximate surface area is 189 Å². The van der Waals surface area contributed by atoms with E-state index in [9.17, 15) is 14.4 Å². The van der Waals surface area contributed by atoms with Gasteiger partial charge in [0.25, 0.3) is 17.7 Å². The van der Waals surface area contributed by atoms with Crippen molar-refractivity contribution in [3.8, 4) is 0 Å². The molecule has 0 radical (unpaired) electrons. The molecule has 6 nitrogen and oxygen atoms in total. The van der Waals surface area contributed by atoms with Gasteiger partial charge in [-0.2, -0.15) is 0 Å². The number of carbonyl (C=O) groups excluding carboxylic acids is 3. The van der Waals surface area contributed by atoms with Crippen LogP contribution in [0.25, 0.3) is 12.2 Å². The lowest BCUT2D eigenvalue weighted by Gasteiger charge is -2.27. The maximum absolute atomic E-state index is 12.6. The first kappa shape index (κ1) is 21.8. The van der Waals surface area contributed by atoms with Crippen LogP contribution in [0.3, 0.4) is 0 Å². The average Bonchev–Trinajstić information content (AvgIpc) is 2.97. The summed E-state index contributed by atoms with van der Waals surface area (Å²) < 4.78 is 0.497. The van der Waals surface area contributed by atoms with Crippen molar-refractivity contribution in [3.05, 3.63) is 71.2 Å². The summed E-state index contributed by atoms with van der Waals surface area (Å²) >= 11 is 11.5. The standard InChI is InChI=1S/C21H17N3O3S3/c1-3-9-23-18(26)15(17(25)22-20(23)28)11-13-5-7-14(8-6-13)12-16-19(27)24(10-4-2)21(29)30-16/h3-8,11-12H,1-2,9-10H2,(H,22,25,28)/b15-11+,16-12-. The molecule has 1 aromatic carbocycles. The van der Waals surface area contributed by atoms with E-state index in [-0.39, 0.29) is 23.1 Å². The van der Waals surface area contributed by atoms with Crippen LogP contribution in [0.2, 0.25) is 0 Å². The van der Waals surface area contributed by atoms with Gasteiger partial charge in [-0.15, -0.1) is 13.2 Å². The van der Waals surface area contributed by atoms with E-state index in [1.807, 2.05) is 0 Å². The molecule has 1 aromatic rings. The lowest BCUT2D eigenvalue weighted by Crippen LogP contribution is -2.53. The number of rotatable bonds is 6. The third kappa shape index (κ3) is 4.48. The Hall–Kier alpha value is -2.88. The third-order valence-corrected chi connectivity index (χ3v) is 5.93. The number of hydrogen-bond donors (Lipinski definition) is 1. The average molecular weight is 456 g/mol. The summed E-state index contributed by atoms with van der Waals surface area (Å²) in [6.45, 7) is 7.81. The minimum atomic E-state index is -0.541. The highest BCUT2D eigenvalue weighted by molar-refractivity contribution is 8.26. The molecule has 0 bridgehead atoms. The second kappa shape index (κ2) is 9.29.